The number of rotatable bonds is 6. The highest BCUT2D eigenvalue weighted by molar-refractivity contribution is 5.89. The third kappa shape index (κ3) is 4.34. The quantitative estimate of drug-likeness (QED) is 0.831. The summed E-state index contributed by atoms with van der Waals surface area (Å²) >= 11 is 0. The van der Waals surface area contributed by atoms with Crippen molar-refractivity contribution >= 4 is 11.9 Å². The van der Waals surface area contributed by atoms with Gasteiger partial charge in [-0.3, -0.25) is 4.79 Å². The molecule has 0 aliphatic rings. The van der Waals surface area contributed by atoms with E-state index in [-0.39, 0.29) is 12.7 Å². The van der Waals surface area contributed by atoms with Crippen LogP contribution in [0.4, 0.5) is 0 Å². The molecule has 1 amide bonds. The molecule has 114 valence electrons. The number of hydrogen-bond donors (Lipinski definition) is 1. The number of nitrogens with two attached hydrogens (primary N) is 1. The molecular weight excluding hydrogens is 282 g/mol. The summed E-state index contributed by atoms with van der Waals surface area (Å²) in [6.07, 6.45) is -0.334. The minimum Gasteiger partial charge on any atom is -0.484 e. The molecule has 2 N–H and O–H groups in total. The highest BCUT2D eigenvalue weighted by Crippen LogP contribution is 2.19. The summed E-state index contributed by atoms with van der Waals surface area (Å²) in [5, 5.41) is 0. The summed E-state index contributed by atoms with van der Waals surface area (Å²) in [4.78, 5) is 22.7. The SMILES string of the molecule is C[C@H](OC(=O)c1ccc(OCC(N)=O)cc1)c1ccccc1. The largest absolute Gasteiger partial charge is 0.484 e. The Bertz CT molecular complexity index is 637. The van der Waals surface area contributed by atoms with Gasteiger partial charge in [0.15, 0.2) is 6.61 Å². The fraction of sp³-hybridized carbons (Fsp3) is 0.176. The Balaban J connectivity index is 1.96. The van der Waals surface area contributed by atoms with E-state index < -0.39 is 11.9 Å². The van der Waals surface area contributed by atoms with E-state index in [1.54, 1.807) is 24.3 Å². The first-order valence-corrected chi connectivity index (χ1v) is 6.83. The fourth-order valence-electron chi connectivity index (χ4n) is 1.86. The van der Waals surface area contributed by atoms with Gasteiger partial charge in [-0.2, -0.15) is 0 Å². The zero-order valence-electron chi connectivity index (χ0n) is 12.2. The number of esters is 1. The Labute approximate surface area is 128 Å². The molecule has 1 atom stereocenters. The third-order valence-corrected chi connectivity index (χ3v) is 3.02. The maximum Gasteiger partial charge on any atom is 0.338 e. The van der Waals surface area contributed by atoms with Crippen molar-refractivity contribution in [2.75, 3.05) is 6.61 Å². The van der Waals surface area contributed by atoms with Crippen molar-refractivity contribution in [3.8, 4) is 5.75 Å². The minimum absolute atomic E-state index is 0.200. The van der Waals surface area contributed by atoms with Crippen molar-refractivity contribution in [1.82, 2.24) is 0 Å². The van der Waals surface area contributed by atoms with E-state index in [4.69, 9.17) is 15.2 Å². The molecule has 0 saturated heterocycles. The molecule has 0 aromatic heterocycles. The Morgan fingerprint density at radius 3 is 2.27 bits per heavy atom. The molecular formula is C17H17NO4. The molecule has 0 spiro atoms. The van der Waals surface area contributed by atoms with Crippen LogP contribution in [-0.2, 0) is 9.53 Å². The topological polar surface area (TPSA) is 78.6 Å². The molecule has 0 radical (unpaired) electrons. The maximum absolute atomic E-state index is 12.1. The van der Waals surface area contributed by atoms with E-state index in [9.17, 15) is 9.59 Å². The van der Waals surface area contributed by atoms with Crippen LogP contribution in [-0.4, -0.2) is 18.5 Å². The summed E-state index contributed by atoms with van der Waals surface area (Å²) in [7, 11) is 0. The average molecular weight is 299 g/mol. The Kier molecular flexibility index (Phi) is 5.14. The van der Waals surface area contributed by atoms with Gasteiger partial charge in [-0.1, -0.05) is 30.3 Å². The van der Waals surface area contributed by atoms with Gasteiger partial charge in [0, 0.05) is 0 Å². The molecule has 0 aliphatic heterocycles. The fourth-order valence-corrected chi connectivity index (χ4v) is 1.86. The third-order valence-electron chi connectivity index (χ3n) is 3.02. The molecule has 22 heavy (non-hydrogen) atoms. The molecule has 0 fully saturated rings. The van der Waals surface area contributed by atoms with Crippen LogP contribution in [0.5, 0.6) is 5.75 Å². The summed E-state index contributed by atoms with van der Waals surface area (Å²) in [5.74, 6) is -0.510. The van der Waals surface area contributed by atoms with Crippen LogP contribution in [0.15, 0.2) is 54.6 Å². The van der Waals surface area contributed by atoms with Crippen molar-refractivity contribution in [2.24, 2.45) is 5.73 Å². The van der Waals surface area contributed by atoms with Gasteiger partial charge in [0.05, 0.1) is 5.56 Å². The number of primary amides is 1. The second-order valence-electron chi connectivity index (χ2n) is 4.74. The average Bonchev–Trinajstić information content (AvgIpc) is 2.54. The maximum atomic E-state index is 12.1. The van der Waals surface area contributed by atoms with Crippen LogP contribution in [0.3, 0.4) is 0 Å². The standard InChI is InChI=1S/C17H17NO4/c1-12(13-5-3-2-4-6-13)22-17(20)14-7-9-15(10-8-14)21-11-16(18)19/h2-10,12H,11H2,1H3,(H2,18,19)/t12-/m0/s1. The van der Waals surface area contributed by atoms with E-state index in [0.717, 1.165) is 5.56 Å². The lowest BCUT2D eigenvalue weighted by Crippen LogP contribution is -2.20. The lowest BCUT2D eigenvalue weighted by molar-refractivity contribution is -0.119. The van der Waals surface area contributed by atoms with E-state index in [2.05, 4.69) is 0 Å². The molecule has 0 heterocycles. The summed E-state index contributed by atoms with van der Waals surface area (Å²) in [6.45, 7) is 1.62. The van der Waals surface area contributed by atoms with E-state index in [1.807, 2.05) is 37.3 Å². The molecule has 2 aromatic carbocycles. The van der Waals surface area contributed by atoms with Crippen LogP contribution >= 0.6 is 0 Å². The first-order chi connectivity index (χ1) is 10.6. The predicted octanol–water partition coefficient (Wildman–Crippen LogP) is 2.47. The van der Waals surface area contributed by atoms with Gasteiger partial charge >= 0.3 is 5.97 Å². The predicted molar refractivity (Wildman–Crippen MR) is 81.4 cm³/mol. The molecule has 2 rings (SSSR count). The second kappa shape index (κ2) is 7.26. The smallest absolute Gasteiger partial charge is 0.338 e. The summed E-state index contributed by atoms with van der Waals surface area (Å²) < 4.78 is 10.5. The number of carbonyl (C=O) groups excluding carboxylic acids is 2. The summed E-state index contributed by atoms with van der Waals surface area (Å²) in [5.41, 5.74) is 6.33. The number of carbonyl (C=O) groups is 2. The number of amides is 1. The van der Waals surface area contributed by atoms with Gasteiger partial charge in [-0.05, 0) is 36.8 Å². The van der Waals surface area contributed by atoms with Crippen LogP contribution in [0.2, 0.25) is 0 Å². The van der Waals surface area contributed by atoms with Crippen molar-refractivity contribution in [3.05, 3.63) is 65.7 Å². The first-order valence-electron chi connectivity index (χ1n) is 6.83. The molecule has 0 bridgehead atoms. The minimum atomic E-state index is -0.555. The molecule has 0 unspecified atom stereocenters. The van der Waals surface area contributed by atoms with Crippen molar-refractivity contribution in [1.29, 1.82) is 0 Å². The molecule has 5 nitrogen and oxygen atoms in total. The van der Waals surface area contributed by atoms with Crippen molar-refractivity contribution in [3.63, 3.8) is 0 Å². The number of hydrogen-bond acceptors (Lipinski definition) is 4. The Hall–Kier alpha value is -2.82. The van der Waals surface area contributed by atoms with Crippen LogP contribution in [0.1, 0.15) is 28.9 Å². The monoisotopic (exact) mass is 299 g/mol. The summed E-state index contributed by atoms with van der Waals surface area (Å²) in [6, 6.07) is 15.8. The first kappa shape index (κ1) is 15.6. The van der Waals surface area contributed by atoms with Crippen molar-refractivity contribution < 1.29 is 19.1 Å². The second-order valence-corrected chi connectivity index (χ2v) is 4.74. The van der Waals surface area contributed by atoms with Crippen LogP contribution < -0.4 is 10.5 Å². The molecule has 0 saturated carbocycles. The van der Waals surface area contributed by atoms with Crippen LogP contribution in [0.25, 0.3) is 0 Å². The zero-order valence-corrected chi connectivity index (χ0v) is 12.2. The Morgan fingerprint density at radius 2 is 1.68 bits per heavy atom. The zero-order chi connectivity index (χ0) is 15.9. The Morgan fingerprint density at radius 1 is 1.05 bits per heavy atom. The van der Waals surface area contributed by atoms with Gasteiger partial charge in [0.25, 0.3) is 5.91 Å². The highest BCUT2D eigenvalue weighted by atomic mass is 16.5. The normalized spacial score (nSPS) is 11.5. The van der Waals surface area contributed by atoms with Gasteiger partial charge in [0.2, 0.25) is 0 Å². The van der Waals surface area contributed by atoms with E-state index >= 15 is 0 Å². The van der Waals surface area contributed by atoms with E-state index in [0.29, 0.717) is 11.3 Å². The van der Waals surface area contributed by atoms with Crippen LogP contribution in [0, 0.1) is 0 Å². The number of ether oxygens (including phenoxy) is 2. The van der Waals surface area contributed by atoms with Gasteiger partial charge in [-0.25, -0.2) is 4.79 Å². The van der Waals surface area contributed by atoms with Gasteiger partial charge in [0.1, 0.15) is 11.9 Å². The lowest BCUT2D eigenvalue weighted by Gasteiger charge is -2.13. The highest BCUT2D eigenvalue weighted by Gasteiger charge is 2.13. The molecule has 0 aliphatic carbocycles. The molecule has 5 heteroatoms. The molecule has 2 aromatic rings. The van der Waals surface area contributed by atoms with Gasteiger partial charge < -0.3 is 15.2 Å². The van der Waals surface area contributed by atoms with Crippen molar-refractivity contribution in [2.45, 2.75) is 13.0 Å². The number of benzene rings is 2. The van der Waals surface area contributed by atoms with E-state index in [1.165, 1.54) is 0 Å². The van der Waals surface area contributed by atoms with Gasteiger partial charge in [-0.15, -0.1) is 0 Å². The lowest BCUT2D eigenvalue weighted by atomic mass is 10.1.